The predicted molar refractivity (Wildman–Crippen MR) is 71.2 cm³/mol. The number of rotatable bonds is 3. The van der Waals surface area contributed by atoms with E-state index in [4.69, 9.17) is 0 Å². The van der Waals surface area contributed by atoms with Crippen LogP contribution >= 0.6 is 11.8 Å². The van der Waals surface area contributed by atoms with Gasteiger partial charge in [0.1, 0.15) is 0 Å². The average molecular weight is 280 g/mol. The minimum Gasteiger partial charge on any atom is -0.341 e. The molecule has 100 valence electrons. The Hall–Kier alpha value is -1.89. The molecule has 6 nitrogen and oxygen atoms in total. The number of carbonyl (C=O) groups is 2. The van der Waals surface area contributed by atoms with E-state index in [0.717, 1.165) is 0 Å². The lowest BCUT2D eigenvalue weighted by atomic mass is 10.1. The quantitative estimate of drug-likeness (QED) is 0.672. The molecule has 19 heavy (non-hydrogen) atoms. The topological polar surface area (TPSA) is 89.3 Å². The molecule has 1 N–H and O–H groups in total. The largest absolute Gasteiger partial charge is 0.341 e. The van der Waals surface area contributed by atoms with Crippen LogP contribution < -0.4 is 5.32 Å². The van der Waals surface area contributed by atoms with Gasteiger partial charge in [0.15, 0.2) is 0 Å². The van der Waals surface area contributed by atoms with Crippen LogP contribution in [0.15, 0.2) is 18.2 Å². The van der Waals surface area contributed by atoms with Gasteiger partial charge >= 0.3 is 0 Å². The van der Waals surface area contributed by atoms with Crippen molar-refractivity contribution in [2.75, 3.05) is 5.75 Å². The Morgan fingerprint density at radius 1 is 1.53 bits per heavy atom. The zero-order valence-corrected chi connectivity index (χ0v) is 11.0. The number of benzene rings is 1. The summed E-state index contributed by atoms with van der Waals surface area (Å²) in [4.78, 5) is 33.5. The van der Waals surface area contributed by atoms with E-state index >= 15 is 0 Å². The summed E-state index contributed by atoms with van der Waals surface area (Å²) in [6.07, 6.45) is 0.626. The Labute approximate surface area is 113 Å². The van der Waals surface area contributed by atoms with E-state index in [9.17, 15) is 19.7 Å². The van der Waals surface area contributed by atoms with Crippen LogP contribution in [-0.4, -0.2) is 27.7 Å². The van der Waals surface area contributed by atoms with Crippen molar-refractivity contribution >= 4 is 28.5 Å². The van der Waals surface area contributed by atoms with Gasteiger partial charge in [0.25, 0.3) is 11.6 Å². The van der Waals surface area contributed by atoms with Crippen LogP contribution in [-0.2, 0) is 4.79 Å². The van der Waals surface area contributed by atoms with Crippen molar-refractivity contribution in [1.29, 1.82) is 0 Å². The predicted octanol–water partition coefficient (Wildman–Crippen LogP) is 1.67. The van der Waals surface area contributed by atoms with E-state index in [1.165, 1.54) is 30.0 Å². The van der Waals surface area contributed by atoms with Gasteiger partial charge in [0.2, 0.25) is 5.12 Å². The van der Waals surface area contributed by atoms with E-state index in [1.807, 2.05) is 0 Å². The molecule has 0 radical (unpaired) electrons. The highest BCUT2D eigenvalue weighted by Crippen LogP contribution is 2.21. The number of aryl methyl sites for hydroxylation is 1. The van der Waals surface area contributed by atoms with Crippen molar-refractivity contribution in [3.63, 3.8) is 0 Å². The van der Waals surface area contributed by atoms with Gasteiger partial charge in [-0.3, -0.25) is 19.7 Å². The molecule has 0 unspecified atom stereocenters. The molecule has 7 heteroatoms. The molecule has 1 aromatic rings. The minimum atomic E-state index is -0.492. The molecule has 1 amide bonds. The summed E-state index contributed by atoms with van der Waals surface area (Å²) in [5, 5.41) is 13.3. The zero-order chi connectivity index (χ0) is 14.0. The molecule has 1 heterocycles. The summed E-state index contributed by atoms with van der Waals surface area (Å²) < 4.78 is 0. The summed E-state index contributed by atoms with van der Waals surface area (Å²) in [5.41, 5.74) is 0.724. The van der Waals surface area contributed by atoms with E-state index in [2.05, 4.69) is 5.32 Å². The van der Waals surface area contributed by atoms with Gasteiger partial charge in [0.05, 0.1) is 11.0 Å². The fourth-order valence-corrected chi connectivity index (χ4v) is 2.80. The lowest BCUT2D eigenvalue weighted by Crippen LogP contribution is -2.37. The lowest BCUT2D eigenvalue weighted by Gasteiger charge is -2.10. The number of nitrogens with zero attached hydrogens (tertiary/aromatic N) is 1. The van der Waals surface area contributed by atoms with Gasteiger partial charge in [-0.2, -0.15) is 0 Å². The molecule has 0 bridgehead atoms. The van der Waals surface area contributed by atoms with Crippen molar-refractivity contribution in [2.45, 2.75) is 19.4 Å². The normalized spacial score (nSPS) is 18.4. The first-order valence-electron chi connectivity index (χ1n) is 5.71. The molecular weight excluding hydrogens is 268 g/mol. The SMILES string of the molecule is Cc1cc(C(=O)N[C@@H]2CCSC2=O)ccc1[N+](=O)[O-]. The average Bonchev–Trinajstić information content (AvgIpc) is 2.74. The smallest absolute Gasteiger partial charge is 0.272 e. The third-order valence-electron chi connectivity index (χ3n) is 2.90. The van der Waals surface area contributed by atoms with Gasteiger partial charge in [-0.1, -0.05) is 11.8 Å². The molecule has 1 aliphatic heterocycles. The number of nitro benzene ring substituents is 1. The van der Waals surface area contributed by atoms with Crippen LogP contribution in [0.3, 0.4) is 0 Å². The van der Waals surface area contributed by atoms with Gasteiger partial charge in [-0.05, 0) is 25.5 Å². The van der Waals surface area contributed by atoms with Gasteiger partial charge < -0.3 is 5.32 Å². The first-order chi connectivity index (χ1) is 8.99. The summed E-state index contributed by atoms with van der Waals surface area (Å²) in [6.45, 7) is 1.57. The van der Waals surface area contributed by atoms with Crippen molar-refractivity contribution in [3.05, 3.63) is 39.4 Å². The summed E-state index contributed by atoms with van der Waals surface area (Å²) in [7, 11) is 0. The standard InChI is InChI=1S/C12H12N2O4S/c1-7-6-8(2-3-10(7)14(17)18)11(15)13-9-4-5-19-12(9)16/h2-3,6,9H,4-5H2,1H3,(H,13,15)/t9-/m1/s1. The van der Waals surface area contributed by atoms with E-state index in [0.29, 0.717) is 23.3 Å². The van der Waals surface area contributed by atoms with Gasteiger partial charge in [-0.15, -0.1) is 0 Å². The fraction of sp³-hybridized carbons (Fsp3) is 0.333. The number of nitro groups is 1. The molecule has 1 aliphatic rings. The molecular formula is C12H12N2O4S. The highest BCUT2D eigenvalue weighted by atomic mass is 32.2. The number of nitrogens with one attached hydrogen (secondary N) is 1. The van der Waals surface area contributed by atoms with Crippen LogP contribution in [0.2, 0.25) is 0 Å². The van der Waals surface area contributed by atoms with Crippen LogP contribution in [0.5, 0.6) is 0 Å². The maximum absolute atomic E-state index is 11.9. The molecule has 1 atom stereocenters. The molecule has 0 aromatic heterocycles. The van der Waals surface area contributed by atoms with Gasteiger partial charge in [0, 0.05) is 22.9 Å². The van der Waals surface area contributed by atoms with Crippen molar-refractivity contribution < 1.29 is 14.5 Å². The van der Waals surface area contributed by atoms with Crippen molar-refractivity contribution in [1.82, 2.24) is 5.32 Å². The minimum absolute atomic E-state index is 0.0240. The maximum Gasteiger partial charge on any atom is 0.272 e. The Balaban J connectivity index is 2.13. The second-order valence-corrected chi connectivity index (χ2v) is 5.34. The molecule has 0 saturated carbocycles. The third kappa shape index (κ3) is 2.93. The molecule has 2 rings (SSSR count). The van der Waals surface area contributed by atoms with E-state index in [1.54, 1.807) is 6.92 Å². The summed E-state index contributed by atoms with van der Waals surface area (Å²) >= 11 is 1.21. The third-order valence-corrected chi connectivity index (χ3v) is 3.91. The highest BCUT2D eigenvalue weighted by Gasteiger charge is 2.27. The van der Waals surface area contributed by atoms with Crippen LogP contribution in [0.1, 0.15) is 22.3 Å². The molecule has 1 aromatic carbocycles. The van der Waals surface area contributed by atoms with E-state index in [-0.39, 0.29) is 16.7 Å². The molecule has 0 aliphatic carbocycles. The van der Waals surface area contributed by atoms with Crippen LogP contribution in [0, 0.1) is 17.0 Å². The highest BCUT2D eigenvalue weighted by molar-refractivity contribution is 8.14. The Morgan fingerprint density at radius 3 is 2.79 bits per heavy atom. The maximum atomic E-state index is 11.9. The second kappa shape index (κ2) is 5.40. The number of hydrogen-bond acceptors (Lipinski definition) is 5. The van der Waals surface area contributed by atoms with Gasteiger partial charge in [-0.25, -0.2) is 0 Å². The second-order valence-electron chi connectivity index (χ2n) is 4.24. The molecule has 1 saturated heterocycles. The molecule has 0 spiro atoms. The molecule has 1 fully saturated rings. The zero-order valence-electron chi connectivity index (χ0n) is 10.2. The Bertz CT molecular complexity index is 559. The summed E-state index contributed by atoms with van der Waals surface area (Å²) in [5.74, 6) is 0.335. The lowest BCUT2D eigenvalue weighted by molar-refractivity contribution is -0.385. The Kier molecular flexibility index (Phi) is 3.84. The van der Waals surface area contributed by atoms with E-state index < -0.39 is 11.0 Å². The number of thioether (sulfide) groups is 1. The fourth-order valence-electron chi connectivity index (χ4n) is 1.87. The number of amides is 1. The summed E-state index contributed by atoms with van der Waals surface area (Å²) in [6, 6.07) is 3.70. The Morgan fingerprint density at radius 2 is 2.26 bits per heavy atom. The first-order valence-corrected chi connectivity index (χ1v) is 6.70. The van der Waals surface area contributed by atoms with Crippen molar-refractivity contribution in [2.24, 2.45) is 0 Å². The number of hydrogen-bond donors (Lipinski definition) is 1. The first kappa shape index (κ1) is 13.5. The van der Waals surface area contributed by atoms with Crippen LogP contribution in [0.25, 0.3) is 0 Å². The monoisotopic (exact) mass is 280 g/mol. The van der Waals surface area contributed by atoms with Crippen LogP contribution in [0.4, 0.5) is 5.69 Å². The van der Waals surface area contributed by atoms with Crippen molar-refractivity contribution in [3.8, 4) is 0 Å². The number of carbonyl (C=O) groups excluding carboxylic acids is 2.